The van der Waals surface area contributed by atoms with Crippen LogP contribution in [0.25, 0.3) is 11.3 Å². The van der Waals surface area contributed by atoms with Crippen LogP contribution >= 0.6 is 12.2 Å². The summed E-state index contributed by atoms with van der Waals surface area (Å²) in [6.45, 7) is 0.728. The fourth-order valence-electron chi connectivity index (χ4n) is 2.25. The van der Waals surface area contributed by atoms with Gasteiger partial charge in [-0.3, -0.25) is 14.8 Å². The SMILES string of the molecule is COc1ccc(-c2cc(=O)[nH]c(=S)n2CCN=C(N)N)c(OC)c1. The zero-order valence-corrected chi connectivity index (χ0v) is 14.2. The van der Waals surface area contributed by atoms with Crippen molar-refractivity contribution < 1.29 is 9.47 Å². The smallest absolute Gasteiger partial charge is 0.252 e. The van der Waals surface area contributed by atoms with Crippen molar-refractivity contribution in [1.29, 1.82) is 0 Å². The van der Waals surface area contributed by atoms with Crippen LogP contribution in [-0.4, -0.2) is 36.3 Å². The highest BCUT2D eigenvalue weighted by atomic mass is 32.1. The van der Waals surface area contributed by atoms with E-state index in [1.165, 1.54) is 6.07 Å². The van der Waals surface area contributed by atoms with Crippen molar-refractivity contribution in [3.63, 3.8) is 0 Å². The van der Waals surface area contributed by atoms with Crippen LogP contribution < -0.4 is 26.5 Å². The zero-order valence-electron chi connectivity index (χ0n) is 13.4. The first-order valence-electron chi connectivity index (χ1n) is 7.08. The Labute approximate surface area is 143 Å². The van der Waals surface area contributed by atoms with Gasteiger partial charge < -0.3 is 25.5 Å². The van der Waals surface area contributed by atoms with Gasteiger partial charge in [0.15, 0.2) is 10.7 Å². The molecule has 0 saturated heterocycles. The summed E-state index contributed by atoms with van der Waals surface area (Å²) in [5.41, 5.74) is 11.7. The Morgan fingerprint density at radius 2 is 2.04 bits per heavy atom. The molecule has 9 heteroatoms. The van der Waals surface area contributed by atoms with E-state index in [2.05, 4.69) is 9.98 Å². The molecule has 0 aliphatic carbocycles. The molecular formula is C15H19N5O3S. The number of nitrogens with two attached hydrogens (primary N) is 2. The standard InChI is InChI=1S/C15H19N5O3S/c1-22-9-3-4-10(12(7-9)23-2)11-8-13(21)19-15(24)20(11)6-5-18-14(16)17/h3-4,7-8H,5-6H2,1-2H3,(H4,16,17,18)(H,19,21,24). The molecule has 0 saturated carbocycles. The number of nitrogens with zero attached hydrogens (tertiary/aromatic N) is 2. The molecule has 24 heavy (non-hydrogen) atoms. The van der Waals surface area contributed by atoms with E-state index in [-0.39, 0.29) is 16.3 Å². The first-order valence-corrected chi connectivity index (χ1v) is 7.49. The molecule has 0 unspecified atom stereocenters. The van der Waals surface area contributed by atoms with E-state index in [1.54, 1.807) is 37.0 Å². The van der Waals surface area contributed by atoms with E-state index in [0.29, 0.717) is 35.8 Å². The molecule has 0 spiro atoms. The number of aromatic nitrogens is 2. The summed E-state index contributed by atoms with van der Waals surface area (Å²) in [6, 6.07) is 6.77. The van der Waals surface area contributed by atoms with Gasteiger partial charge in [0.25, 0.3) is 5.56 Å². The van der Waals surface area contributed by atoms with Crippen molar-refractivity contribution in [2.24, 2.45) is 16.5 Å². The van der Waals surface area contributed by atoms with Crippen LogP contribution in [0.15, 0.2) is 34.1 Å². The summed E-state index contributed by atoms with van der Waals surface area (Å²) in [5.74, 6) is 1.20. The lowest BCUT2D eigenvalue weighted by atomic mass is 10.1. The average molecular weight is 349 g/mol. The number of aliphatic imine (C=N–C) groups is 1. The topological polar surface area (TPSA) is 121 Å². The van der Waals surface area contributed by atoms with Crippen LogP contribution in [-0.2, 0) is 6.54 Å². The van der Waals surface area contributed by atoms with Crippen molar-refractivity contribution >= 4 is 18.2 Å². The second kappa shape index (κ2) is 7.64. The maximum Gasteiger partial charge on any atom is 0.252 e. The van der Waals surface area contributed by atoms with Gasteiger partial charge in [-0.2, -0.15) is 0 Å². The zero-order chi connectivity index (χ0) is 17.7. The predicted octanol–water partition coefficient (Wildman–Crippen LogP) is 0.863. The van der Waals surface area contributed by atoms with Crippen LogP contribution in [0.2, 0.25) is 0 Å². The molecule has 128 valence electrons. The van der Waals surface area contributed by atoms with E-state index in [4.69, 9.17) is 33.2 Å². The van der Waals surface area contributed by atoms with E-state index in [9.17, 15) is 4.79 Å². The third kappa shape index (κ3) is 3.93. The minimum atomic E-state index is -0.300. The van der Waals surface area contributed by atoms with Crippen LogP contribution in [0.5, 0.6) is 11.5 Å². The van der Waals surface area contributed by atoms with Crippen molar-refractivity contribution in [3.8, 4) is 22.8 Å². The maximum absolute atomic E-state index is 11.9. The molecule has 0 aliphatic heterocycles. The Balaban J connectivity index is 2.59. The first kappa shape index (κ1) is 17.5. The lowest BCUT2D eigenvalue weighted by Gasteiger charge is -2.16. The minimum Gasteiger partial charge on any atom is -0.497 e. The summed E-state index contributed by atoms with van der Waals surface area (Å²) < 4.78 is 12.6. The van der Waals surface area contributed by atoms with Gasteiger partial charge in [0.2, 0.25) is 0 Å². The van der Waals surface area contributed by atoms with Crippen LogP contribution in [0.1, 0.15) is 0 Å². The van der Waals surface area contributed by atoms with Crippen molar-refractivity contribution in [3.05, 3.63) is 39.4 Å². The van der Waals surface area contributed by atoms with E-state index in [1.807, 2.05) is 0 Å². The Kier molecular flexibility index (Phi) is 5.59. The highest BCUT2D eigenvalue weighted by Gasteiger charge is 2.13. The highest BCUT2D eigenvalue weighted by molar-refractivity contribution is 7.71. The van der Waals surface area contributed by atoms with E-state index >= 15 is 0 Å². The number of aromatic amines is 1. The lowest BCUT2D eigenvalue weighted by Crippen LogP contribution is -2.24. The molecule has 0 radical (unpaired) electrons. The molecule has 2 aromatic rings. The Morgan fingerprint density at radius 1 is 1.29 bits per heavy atom. The van der Waals surface area contributed by atoms with Gasteiger partial charge in [0.05, 0.1) is 26.5 Å². The molecule has 8 nitrogen and oxygen atoms in total. The number of benzene rings is 1. The number of nitrogens with one attached hydrogen (secondary N) is 1. The molecule has 5 N–H and O–H groups in total. The number of ether oxygens (including phenoxy) is 2. The summed E-state index contributed by atoms with van der Waals surface area (Å²) >= 11 is 5.27. The maximum atomic E-state index is 11.9. The Hall–Kier alpha value is -2.81. The summed E-state index contributed by atoms with van der Waals surface area (Å²) in [7, 11) is 3.11. The van der Waals surface area contributed by atoms with Crippen molar-refractivity contribution in [2.75, 3.05) is 20.8 Å². The molecule has 0 amide bonds. The lowest BCUT2D eigenvalue weighted by molar-refractivity contribution is 0.395. The molecule has 1 aromatic heterocycles. The third-order valence-corrected chi connectivity index (χ3v) is 3.66. The second-order valence-electron chi connectivity index (χ2n) is 4.85. The number of H-pyrrole nitrogens is 1. The number of hydrogen-bond acceptors (Lipinski definition) is 5. The molecule has 0 aliphatic rings. The van der Waals surface area contributed by atoms with Gasteiger partial charge in [0, 0.05) is 24.2 Å². The minimum absolute atomic E-state index is 0.00507. The van der Waals surface area contributed by atoms with Crippen LogP contribution in [0.4, 0.5) is 0 Å². The van der Waals surface area contributed by atoms with E-state index < -0.39 is 0 Å². The van der Waals surface area contributed by atoms with E-state index in [0.717, 1.165) is 0 Å². The number of guanidine groups is 1. The molecule has 1 heterocycles. The van der Waals surface area contributed by atoms with Crippen molar-refractivity contribution in [2.45, 2.75) is 6.54 Å². The average Bonchev–Trinajstić information content (AvgIpc) is 2.55. The van der Waals surface area contributed by atoms with Crippen LogP contribution in [0, 0.1) is 4.77 Å². The number of hydrogen-bond donors (Lipinski definition) is 3. The first-order chi connectivity index (χ1) is 11.5. The molecular weight excluding hydrogens is 330 g/mol. The Morgan fingerprint density at radius 3 is 2.67 bits per heavy atom. The van der Waals surface area contributed by atoms with Crippen molar-refractivity contribution in [1.82, 2.24) is 9.55 Å². The fourth-order valence-corrected chi connectivity index (χ4v) is 2.55. The summed E-state index contributed by atoms with van der Waals surface area (Å²) in [5, 5.41) is 0. The quantitative estimate of drug-likeness (QED) is 0.404. The van der Waals surface area contributed by atoms with Gasteiger partial charge in [-0.25, -0.2) is 0 Å². The van der Waals surface area contributed by atoms with Gasteiger partial charge >= 0.3 is 0 Å². The molecule has 1 aromatic carbocycles. The second-order valence-corrected chi connectivity index (χ2v) is 5.24. The summed E-state index contributed by atoms with van der Waals surface area (Å²) in [6.07, 6.45) is 0. The molecule has 2 rings (SSSR count). The highest BCUT2D eigenvalue weighted by Crippen LogP contribution is 2.32. The number of rotatable bonds is 6. The monoisotopic (exact) mass is 349 g/mol. The van der Waals surface area contributed by atoms with Gasteiger partial charge in [0.1, 0.15) is 11.5 Å². The summed E-state index contributed by atoms with van der Waals surface area (Å²) in [4.78, 5) is 18.4. The molecule has 0 bridgehead atoms. The molecule has 0 atom stereocenters. The Bertz CT molecular complexity index is 868. The normalized spacial score (nSPS) is 10.2. The van der Waals surface area contributed by atoms with Gasteiger partial charge in [-0.05, 0) is 24.4 Å². The largest absolute Gasteiger partial charge is 0.497 e. The van der Waals surface area contributed by atoms with Gasteiger partial charge in [-0.15, -0.1) is 0 Å². The molecule has 0 fully saturated rings. The fraction of sp³-hybridized carbons (Fsp3) is 0.267. The van der Waals surface area contributed by atoms with Gasteiger partial charge in [-0.1, -0.05) is 0 Å². The number of methoxy groups -OCH3 is 2. The predicted molar refractivity (Wildman–Crippen MR) is 95.1 cm³/mol. The van der Waals surface area contributed by atoms with Crippen LogP contribution in [0.3, 0.4) is 0 Å². The third-order valence-electron chi connectivity index (χ3n) is 3.34.